The lowest BCUT2D eigenvalue weighted by Gasteiger charge is -2.17. The van der Waals surface area contributed by atoms with E-state index in [0.29, 0.717) is 48.0 Å². The smallest absolute Gasteiger partial charge is 0.213 e. The van der Waals surface area contributed by atoms with Crippen molar-refractivity contribution in [2.24, 2.45) is 17.8 Å². The molecule has 0 aliphatic heterocycles. The number of hydrogen-bond donors (Lipinski definition) is 0. The minimum absolute atomic E-state index is 0.0222. The van der Waals surface area contributed by atoms with Gasteiger partial charge in [0.05, 0.1) is 24.5 Å². The van der Waals surface area contributed by atoms with E-state index in [2.05, 4.69) is 58.2 Å². The van der Waals surface area contributed by atoms with Crippen LogP contribution in [0.5, 0.6) is 11.5 Å². The highest BCUT2D eigenvalue weighted by Gasteiger charge is 2.22. The predicted molar refractivity (Wildman–Crippen MR) is 127 cm³/mol. The fraction of sp³-hybridized carbons (Fsp3) is 0.444. The summed E-state index contributed by atoms with van der Waals surface area (Å²) in [5.41, 5.74) is 2.35. The zero-order valence-corrected chi connectivity index (χ0v) is 19.6. The molecule has 31 heavy (non-hydrogen) atoms. The van der Waals surface area contributed by atoms with Gasteiger partial charge in [-0.05, 0) is 42.0 Å². The third-order valence-corrected chi connectivity index (χ3v) is 4.94. The summed E-state index contributed by atoms with van der Waals surface area (Å²) in [6.07, 6.45) is 0. The Labute approximate surface area is 186 Å². The van der Waals surface area contributed by atoms with Gasteiger partial charge < -0.3 is 14.0 Å². The number of carbonyl (C=O) groups is 1. The van der Waals surface area contributed by atoms with Gasteiger partial charge in [-0.3, -0.25) is 4.79 Å². The van der Waals surface area contributed by atoms with E-state index in [4.69, 9.17) is 9.47 Å². The van der Waals surface area contributed by atoms with Crippen LogP contribution < -0.4 is 9.47 Å². The minimum Gasteiger partial charge on any atom is -0.493 e. The van der Waals surface area contributed by atoms with E-state index >= 15 is 0 Å². The van der Waals surface area contributed by atoms with E-state index in [-0.39, 0.29) is 5.78 Å². The van der Waals surface area contributed by atoms with Crippen LogP contribution in [0.1, 0.15) is 57.6 Å². The highest BCUT2D eigenvalue weighted by Crippen LogP contribution is 2.30. The number of carbonyl (C=O) groups excluding carboxylic acids is 1. The van der Waals surface area contributed by atoms with Crippen LogP contribution in [-0.2, 0) is 6.54 Å². The number of ketones is 1. The molecule has 0 atom stereocenters. The molecule has 4 heteroatoms. The lowest BCUT2D eigenvalue weighted by molar-refractivity contribution is 0.102. The van der Waals surface area contributed by atoms with Gasteiger partial charge >= 0.3 is 0 Å². The first-order valence-corrected chi connectivity index (χ1v) is 11.3. The van der Waals surface area contributed by atoms with E-state index in [9.17, 15) is 4.79 Å². The van der Waals surface area contributed by atoms with Crippen molar-refractivity contribution in [1.29, 1.82) is 0 Å². The summed E-state index contributed by atoms with van der Waals surface area (Å²) < 4.78 is 14.1. The molecule has 0 aliphatic rings. The Morgan fingerprint density at radius 3 is 2.19 bits per heavy atom. The minimum atomic E-state index is -0.0222. The molecule has 0 amide bonds. The van der Waals surface area contributed by atoms with E-state index in [0.717, 1.165) is 23.2 Å². The summed E-state index contributed by atoms with van der Waals surface area (Å²) >= 11 is 0. The summed E-state index contributed by atoms with van der Waals surface area (Å²) in [4.78, 5) is 13.7. The Hall–Kier alpha value is -2.75. The van der Waals surface area contributed by atoms with Crippen LogP contribution in [-0.4, -0.2) is 23.6 Å². The van der Waals surface area contributed by atoms with Crippen LogP contribution in [0.25, 0.3) is 10.9 Å². The first-order chi connectivity index (χ1) is 14.8. The second-order valence-electron chi connectivity index (χ2n) is 9.49. The summed E-state index contributed by atoms with van der Waals surface area (Å²) in [6.45, 7) is 14.7. The molecule has 0 saturated carbocycles. The largest absolute Gasteiger partial charge is 0.493 e. The van der Waals surface area contributed by atoms with Crippen molar-refractivity contribution >= 4 is 16.7 Å². The number of fused-ring (bicyclic) bond motifs is 1. The lowest BCUT2D eigenvalue weighted by Crippen LogP contribution is -2.15. The quantitative estimate of drug-likeness (QED) is 0.346. The van der Waals surface area contributed by atoms with Gasteiger partial charge in [0.2, 0.25) is 5.78 Å². The topological polar surface area (TPSA) is 40.5 Å². The number of aromatic nitrogens is 1. The Bertz CT molecular complexity index is 1030. The van der Waals surface area contributed by atoms with Gasteiger partial charge in [-0.2, -0.15) is 0 Å². The highest BCUT2D eigenvalue weighted by atomic mass is 16.5. The molecule has 0 spiro atoms. The SMILES string of the molecule is CC(C)COc1ccc(C(=O)c2cc3ccccc3n2CC(C)C)c(OCC(C)C)c1. The van der Waals surface area contributed by atoms with Crippen LogP contribution in [0.15, 0.2) is 48.5 Å². The first-order valence-electron chi connectivity index (χ1n) is 11.3. The average molecular weight is 422 g/mol. The van der Waals surface area contributed by atoms with Crippen molar-refractivity contribution in [2.75, 3.05) is 13.2 Å². The van der Waals surface area contributed by atoms with Gasteiger partial charge in [-0.1, -0.05) is 59.7 Å². The molecule has 1 heterocycles. The number of nitrogens with zero attached hydrogens (tertiary/aromatic N) is 1. The molecular formula is C27H35NO3. The third-order valence-electron chi connectivity index (χ3n) is 4.94. The fourth-order valence-corrected chi connectivity index (χ4v) is 3.52. The molecule has 0 saturated heterocycles. The van der Waals surface area contributed by atoms with Crippen molar-refractivity contribution in [3.63, 3.8) is 0 Å². The van der Waals surface area contributed by atoms with Crippen LogP contribution in [0.2, 0.25) is 0 Å². The molecule has 0 bridgehead atoms. The van der Waals surface area contributed by atoms with Crippen LogP contribution in [0.4, 0.5) is 0 Å². The summed E-state index contributed by atoms with van der Waals surface area (Å²) in [5, 5.41) is 1.08. The second-order valence-corrected chi connectivity index (χ2v) is 9.49. The molecule has 4 nitrogen and oxygen atoms in total. The van der Waals surface area contributed by atoms with E-state index in [1.54, 1.807) is 0 Å². The molecule has 0 unspecified atom stereocenters. The molecule has 166 valence electrons. The highest BCUT2D eigenvalue weighted by molar-refractivity contribution is 6.12. The summed E-state index contributed by atoms with van der Waals surface area (Å²) in [5.74, 6) is 2.49. The number of rotatable bonds is 10. The summed E-state index contributed by atoms with van der Waals surface area (Å²) in [7, 11) is 0. The third kappa shape index (κ3) is 5.69. The number of ether oxygens (including phenoxy) is 2. The van der Waals surface area contributed by atoms with Gasteiger partial charge in [0, 0.05) is 23.5 Å². The van der Waals surface area contributed by atoms with E-state index < -0.39 is 0 Å². The Balaban J connectivity index is 2.03. The molecule has 0 fully saturated rings. The van der Waals surface area contributed by atoms with Crippen LogP contribution >= 0.6 is 0 Å². The van der Waals surface area contributed by atoms with Crippen LogP contribution in [0.3, 0.4) is 0 Å². The zero-order valence-electron chi connectivity index (χ0n) is 19.6. The number of benzene rings is 2. The maximum absolute atomic E-state index is 13.7. The Kier molecular flexibility index (Phi) is 7.42. The molecule has 0 N–H and O–H groups in total. The van der Waals surface area contributed by atoms with E-state index in [1.807, 2.05) is 36.4 Å². The maximum Gasteiger partial charge on any atom is 0.213 e. The first kappa shape index (κ1) is 22.9. The molecular weight excluding hydrogens is 386 g/mol. The summed E-state index contributed by atoms with van der Waals surface area (Å²) in [6, 6.07) is 15.7. The normalized spacial score (nSPS) is 11.6. The van der Waals surface area contributed by atoms with Gasteiger partial charge in [0.1, 0.15) is 11.5 Å². The molecule has 3 rings (SSSR count). The number of para-hydroxylation sites is 1. The Morgan fingerprint density at radius 1 is 0.839 bits per heavy atom. The van der Waals surface area contributed by atoms with E-state index in [1.165, 1.54) is 0 Å². The molecule has 2 aromatic carbocycles. The van der Waals surface area contributed by atoms with Gasteiger partial charge in [-0.25, -0.2) is 0 Å². The fourth-order valence-electron chi connectivity index (χ4n) is 3.52. The average Bonchev–Trinajstić information content (AvgIpc) is 3.08. The van der Waals surface area contributed by atoms with Gasteiger partial charge in [-0.15, -0.1) is 0 Å². The molecule has 1 aromatic heterocycles. The maximum atomic E-state index is 13.7. The van der Waals surface area contributed by atoms with Crippen molar-refractivity contribution in [3.05, 3.63) is 59.8 Å². The van der Waals surface area contributed by atoms with Crippen molar-refractivity contribution in [1.82, 2.24) is 4.57 Å². The van der Waals surface area contributed by atoms with Crippen molar-refractivity contribution in [2.45, 2.75) is 48.1 Å². The predicted octanol–water partition coefficient (Wildman–Crippen LogP) is 6.60. The van der Waals surface area contributed by atoms with Gasteiger partial charge in [0.25, 0.3) is 0 Å². The molecule has 0 aliphatic carbocycles. The van der Waals surface area contributed by atoms with Crippen molar-refractivity contribution in [3.8, 4) is 11.5 Å². The van der Waals surface area contributed by atoms with Crippen LogP contribution in [0, 0.1) is 17.8 Å². The zero-order chi connectivity index (χ0) is 22.5. The second kappa shape index (κ2) is 10.0. The Morgan fingerprint density at radius 2 is 1.52 bits per heavy atom. The van der Waals surface area contributed by atoms with Gasteiger partial charge in [0.15, 0.2) is 0 Å². The molecule has 3 aromatic rings. The van der Waals surface area contributed by atoms with Crippen molar-refractivity contribution < 1.29 is 14.3 Å². The molecule has 0 radical (unpaired) electrons. The standard InChI is InChI=1S/C27H35NO3/c1-18(2)15-28-24-10-8-7-9-21(24)13-25(28)27(29)23-12-11-22(30-16-19(3)4)14-26(23)31-17-20(5)6/h7-14,18-20H,15-17H2,1-6H3. The number of hydrogen-bond acceptors (Lipinski definition) is 3. The lowest BCUT2D eigenvalue weighted by atomic mass is 10.1. The monoisotopic (exact) mass is 421 g/mol.